The van der Waals surface area contributed by atoms with Gasteiger partial charge in [0.1, 0.15) is 20.5 Å². The number of sulfonamides is 2. The van der Waals surface area contributed by atoms with Gasteiger partial charge in [0.15, 0.2) is 0 Å². The average Bonchev–Trinajstić information content (AvgIpc) is 0.777. The molecule has 16 nitrogen and oxygen atoms in total. The minimum atomic E-state index is -4.15. The molecule has 7 aromatic carbocycles. The van der Waals surface area contributed by atoms with Crippen LogP contribution in [0.1, 0.15) is 124 Å². The molecule has 2 saturated heterocycles. The van der Waals surface area contributed by atoms with Gasteiger partial charge < -0.3 is 21.7 Å². The second kappa shape index (κ2) is 36.8. The van der Waals surface area contributed by atoms with Crippen LogP contribution in [0, 0.1) is 23.6 Å². The molecule has 0 saturated carbocycles. The molecule has 0 unspecified atom stereocenters. The van der Waals surface area contributed by atoms with Gasteiger partial charge in [0.05, 0.1) is 40.5 Å². The van der Waals surface area contributed by atoms with Crippen molar-refractivity contribution in [2.75, 3.05) is 38.2 Å². The summed E-state index contributed by atoms with van der Waals surface area (Å²) in [5.41, 5.74) is 12.1. The number of nitrogens with one attached hydrogen (secondary N) is 3. The van der Waals surface area contributed by atoms with Crippen molar-refractivity contribution in [1.82, 2.24) is 29.5 Å². The van der Waals surface area contributed by atoms with Crippen LogP contribution in [0.5, 0.6) is 0 Å². The predicted octanol–water partition coefficient (Wildman–Crippen LogP) is 12.5. The van der Waals surface area contributed by atoms with Crippen LogP contribution in [-0.2, 0) is 62.8 Å². The molecule has 2 fully saturated rings. The van der Waals surface area contributed by atoms with Gasteiger partial charge in [-0.15, -0.1) is 0 Å². The third-order valence-electron chi connectivity index (χ3n) is 17.5. The van der Waals surface area contributed by atoms with Crippen molar-refractivity contribution in [2.45, 2.75) is 119 Å². The summed E-state index contributed by atoms with van der Waals surface area (Å²) in [5, 5.41) is 8.73. The zero-order valence-corrected chi connectivity index (χ0v) is 57.9. The molecule has 3 amide bonds. The lowest BCUT2D eigenvalue weighted by Gasteiger charge is -2.38. The van der Waals surface area contributed by atoms with E-state index in [4.69, 9.17) is 5.73 Å². The fourth-order valence-corrected chi connectivity index (χ4v) is 16.3. The third-order valence-corrected chi connectivity index (χ3v) is 22.3. The molecule has 6 atom stereocenters. The first-order chi connectivity index (χ1) is 46.2. The van der Waals surface area contributed by atoms with Gasteiger partial charge in [-0.2, -0.15) is 8.61 Å². The summed E-state index contributed by atoms with van der Waals surface area (Å²) in [5.74, 6) is -2.18. The standard InChI is InChI=1S/C27H33N3O.C25H25FN2O3S.C22H28N2O5S2.C2H6/c1-27(2,24-14-9-17-29-20-24)25(22-12-7-4-8-13-22)16-15-23(18-28)26(31)30-19-21-10-5-3-6-11-21;26-22-13-7-8-14-24(22)32(30,31)28-18-21(15-16-23(28)20-11-5-2-6-12-20)25(29)27-17-19-9-3-1-4-10-19;1-30(26,27)16-8-15-23-22(25)19-13-14-21(18-9-4-2-5-10-18)24(17-19)31(28,29)20-11-6-3-7-12-20;1-2/h3-14,17,20,23,25H,15-16,18-19,28H2,1-2H3,(H,30,31);1-14,21,23H,15-18H2,(H,27,29);2-7,9-12,19,21H,8,13-17H2,1H3,(H,23,25);1-2H3/t23-,25-;21-,23-;19-,21-;/m111./s1. The summed E-state index contributed by atoms with van der Waals surface area (Å²) < 4.78 is 93.5. The van der Waals surface area contributed by atoms with E-state index in [0.29, 0.717) is 51.7 Å². The molecular weight excluding hydrogens is 1270 g/mol. The fourth-order valence-electron chi connectivity index (χ4n) is 12.2. The summed E-state index contributed by atoms with van der Waals surface area (Å²) in [6.07, 6.45) is 8.94. The lowest BCUT2D eigenvalue weighted by molar-refractivity contribution is -0.127. The van der Waals surface area contributed by atoms with Crippen molar-refractivity contribution in [1.29, 1.82) is 0 Å². The zero-order valence-electron chi connectivity index (χ0n) is 55.5. The Labute approximate surface area is 568 Å². The van der Waals surface area contributed by atoms with Crippen LogP contribution in [0.15, 0.2) is 241 Å². The van der Waals surface area contributed by atoms with Gasteiger partial charge >= 0.3 is 0 Å². The Morgan fingerprint density at radius 3 is 1.51 bits per heavy atom. The molecule has 0 spiro atoms. The monoisotopic (exact) mass is 1360 g/mol. The molecule has 20 heteroatoms. The highest BCUT2D eigenvalue weighted by atomic mass is 32.2. The minimum Gasteiger partial charge on any atom is -0.356 e. The maximum atomic E-state index is 14.4. The topological polar surface area (TPSA) is 235 Å². The summed E-state index contributed by atoms with van der Waals surface area (Å²) in [6.45, 7) is 10.1. The van der Waals surface area contributed by atoms with Gasteiger partial charge in [-0.3, -0.25) is 19.4 Å². The molecule has 5 N–H and O–H groups in total. The minimum absolute atomic E-state index is 0.00252. The van der Waals surface area contributed by atoms with E-state index in [-0.39, 0.29) is 76.2 Å². The lowest BCUT2D eigenvalue weighted by atomic mass is 9.68. The molecule has 1 aromatic heterocycles. The first kappa shape index (κ1) is 75.1. The Morgan fingerprint density at radius 1 is 0.562 bits per heavy atom. The van der Waals surface area contributed by atoms with Crippen molar-refractivity contribution in [3.05, 3.63) is 270 Å². The first-order valence-electron chi connectivity index (χ1n) is 32.8. The van der Waals surface area contributed by atoms with Gasteiger partial charge in [-0.05, 0) is 120 Å². The van der Waals surface area contributed by atoms with Crippen LogP contribution in [0.3, 0.4) is 0 Å². The number of rotatable bonds is 24. The van der Waals surface area contributed by atoms with E-state index in [1.807, 2.05) is 154 Å². The molecule has 2 aliphatic rings. The second-order valence-electron chi connectivity index (χ2n) is 24.4. The second-order valence-corrected chi connectivity index (χ2v) is 30.4. The van der Waals surface area contributed by atoms with Crippen molar-refractivity contribution in [3.63, 3.8) is 0 Å². The molecule has 0 aliphatic carbocycles. The van der Waals surface area contributed by atoms with E-state index in [1.165, 1.54) is 37.9 Å². The van der Waals surface area contributed by atoms with Crippen LogP contribution < -0.4 is 21.7 Å². The summed E-state index contributed by atoms with van der Waals surface area (Å²) in [7, 11) is -11.0. The number of hydrogen-bond acceptors (Lipinski definition) is 11. The van der Waals surface area contributed by atoms with Crippen LogP contribution >= 0.6 is 0 Å². The molecule has 2 aliphatic heterocycles. The van der Waals surface area contributed by atoms with Crippen molar-refractivity contribution < 1.29 is 44.0 Å². The Hall–Kier alpha value is -8.24. The molecule has 0 radical (unpaired) electrons. The van der Waals surface area contributed by atoms with E-state index < -0.39 is 53.6 Å². The Morgan fingerprint density at radius 2 is 1.02 bits per heavy atom. The number of benzene rings is 7. The number of piperidine rings is 2. The van der Waals surface area contributed by atoms with Crippen LogP contribution in [0.2, 0.25) is 0 Å². The number of nitrogens with zero attached hydrogens (tertiary/aromatic N) is 3. The Kier molecular flexibility index (Phi) is 28.8. The van der Waals surface area contributed by atoms with Crippen LogP contribution in [0.4, 0.5) is 4.39 Å². The maximum Gasteiger partial charge on any atom is 0.246 e. The number of pyridine rings is 1. The van der Waals surface area contributed by atoms with Crippen molar-refractivity contribution in [2.24, 2.45) is 23.5 Å². The number of carbonyl (C=O) groups is 3. The number of carbonyl (C=O) groups excluding carboxylic acids is 3. The van der Waals surface area contributed by atoms with Gasteiger partial charge in [-0.1, -0.05) is 216 Å². The molecule has 510 valence electrons. The van der Waals surface area contributed by atoms with E-state index >= 15 is 0 Å². The molecule has 8 aromatic rings. The molecule has 0 bridgehead atoms. The zero-order chi connectivity index (χ0) is 69.1. The largest absolute Gasteiger partial charge is 0.356 e. The normalized spacial score (nSPS) is 17.4. The Balaban J connectivity index is 0.000000201. The van der Waals surface area contributed by atoms with Crippen LogP contribution in [-0.4, -0.2) is 94.8 Å². The lowest BCUT2D eigenvalue weighted by Crippen LogP contribution is -2.47. The van der Waals surface area contributed by atoms with Gasteiger partial charge in [-0.25, -0.2) is 29.6 Å². The van der Waals surface area contributed by atoms with E-state index in [0.717, 1.165) is 47.4 Å². The molecular formula is C76H92FN7O9S3. The highest BCUT2D eigenvalue weighted by Gasteiger charge is 2.42. The summed E-state index contributed by atoms with van der Waals surface area (Å²) >= 11 is 0. The fraction of sp³-hybridized carbons (Fsp3) is 0.342. The van der Waals surface area contributed by atoms with E-state index in [1.54, 1.807) is 36.5 Å². The molecule has 3 heterocycles. The van der Waals surface area contributed by atoms with Gasteiger partial charge in [0.25, 0.3) is 0 Å². The third kappa shape index (κ3) is 21.4. The summed E-state index contributed by atoms with van der Waals surface area (Å²) in [4.78, 5) is 42.6. The Bertz CT molecular complexity index is 4020. The molecule has 10 rings (SSSR count). The van der Waals surface area contributed by atoms with E-state index in [9.17, 15) is 44.0 Å². The molecule has 96 heavy (non-hydrogen) atoms. The first-order valence-corrected chi connectivity index (χ1v) is 37.8. The van der Waals surface area contributed by atoms with Crippen LogP contribution in [0.25, 0.3) is 0 Å². The van der Waals surface area contributed by atoms with Gasteiger partial charge in [0.2, 0.25) is 37.8 Å². The quantitative estimate of drug-likeness (QED) is 0.0415. The van der Waals surface area contributed by atoms with E-state index in [2.05, 4.69) is 65.1 Å². The highest BCUT2D eigenvalue weighted by Crippen LogP contribution is 2.43. The summed E-state index contributed by atoms with van der Waals surface area (Å²) in [6, 6.07) is 65.7. The average molecular weight is 1360 g/mol. The SMILES string of the molecule is CC.CC(C)(c1cccnc1)[C@H](CC[C@H](CN)C(=O)NCc1ccccc1)c1ccccc1.CS(=O)(=O)CCCNC(=O)[C@@H]1CC[C@H](c2ccccc2)N(S(=O)(=O)c2ccccc2)C1.O=C(NCc1ccccc1)[C@@H]1CC[C@H](c2ccccc2)N(S(=O)(=O)c2ccccc2F)C1. The smallest absolute Gasteiger partial charge is 0.246 e. The highest BCUT2D eigenvalue weighted by molar-refractivity contribution is 7.90. The number of nitrogens with two attached hydrogens (primary N) is 1. The van der Waals surface area contributed by atoms with Crippen molar-refractivity contribution >= 4 is 47.6 Å². The number of sulfone groups is 1. The number of amides is 3. The number of aromatic nitrogens is 1. The predicted molar refractivity (Wildman–Crippen MR) is 378 cm³/mol. The number of halogens is 1. The van der Waals surface area contributed by atoms with Gasteiger partial charge in [0, 0.05) is 57.9 Å². The number of hydrogen-bond donors (Lipinski definition) is 4. The maximum absolute atomic E-state index is 14.4. The van der Waals surface area contributed by atoms with Crippen molar-refractivity contribution in [3.8, 4) is 0 Å².